The molecule has 0 aromatic heterocycles. The quantitative estimate of drug-likeness (QED) is 0.762. The maximum absolute atomic E-state index is 13.9. The largest absolute Gasteiger partial charge is 0.395 e. The maximum atomic E-state index is 13.9. The van der Waals surface area contributed by atoms with Crippen molar-refractivity contribution in [2.24, 2.45) is 0 Å². The third-order valence-electron chi connectivity index (χ3n) is 2.62. The fourth-order valence-electron chi connectivity index (χ4n) is 1.97. The number of anilines is 1. The zero-order valence-corrected chi connectivity index (χ0v) is 10.5. The number of halogens is 1. The molecule has 0 bridgehead atoms. The van der Waals surface area contributed by atoms with Gasteiger partial charge in [0, 0.05) is 19.6 Å². The summed E-state index contributed by atoms with van der Waals surface area (Å²) in [5.74, 6) is -0.223. The molecule has 1 rings (SSSR count). The van der Waals surface area contributed by atoms with Crippen LogP contribution in [0.2, 0.25) is 0 Å². The molecule has 3 nitrogen and oxygen atoms in total. The molecule has 0 aliphatic rings. The summed E-state index contributed by atoms with van der Waals surface area (Å²) in [6, 6.07) is 5.10. The molecule has 0 unspecified atom stereocenters. The summed E-state index contributed by atoms with van der Waals surface area (Å²) in [7, 11) is 1.84. The Morgan fingerprint density at radius 2 is 2.12 bits per heavy atom. The molecular formula is C13H21FN2O. The van der Waals surface area contributed by atoms with Gasteiger partial charge in [-0.1, -0.05) is 19.1 Å². The highest BCUT2D eigenvalue weighted by Gasteiger charge is 2.14. The summed E-state index contributed by atoms with van der Waals surface area (Å²) in [5.41, 5.74) is 1.53. The number of rotatable bonds is 7. The number of hydrogen-bond acceptors (Lipinski definition) is 3. The molecule has 0 saturated heterocycles. The normalized spacial score (nSPS) is 10.6. The first-order chi connectivity index (χ1) is 8.24. The maximum Gasteiger partial charge on any atom is 0.146 e. The first-order valence-corrected chi connectivity index (χ1v) is 6.02. The van der Waals surface area contributed by atoms with Gasteiger partial charge in [0.1, 0.15) is 5.82 Å². The zero-order chi connectivity index (χ0) is 12.7. The van der Waals surface area contributed by atoms with Gasteiger partial charge >= 0.3 is 0 Å². The van der Waals surface area contributed by atoms with Crippen LogP contribution in [0.3, 0.4) is 0 Å². The molecule has 96 valence electrons. The van der Waals surface area contributed by atoms with Crippen LogP contribution in [0.4, 0.5) is 10.1 Å². The number of aliphatic hydroxyl groups excluding tert-OH is 1. The smallest absolute Gasteiger partial charge is 0.146 e. The Kier molecular flexibility index (Phi) is 5.94. The van der Waals surface area contributed by atoms with Gasteiger partial charge in [-0.15, -0.1) is 0 Å². The van der Waals surface area contributed by atoms with Gasteiger partial charge in [-0.05, 0) is 25.1 Å². The van der Waals surface area contributed by atoms with E-state index in [9.17, 15) is 4.39 Å². The molecule has 0 atom stereocenters. The van der Waals surface area contributed by atoms with Gasteiger partial charge in [0.05, 0.1) is 12.3 Å². The molecule has 0 radical (unpaired) electrons. The Morgan fingerprint density at radius 1 is 1.35 bits per heavy atom. The van der Waals surface area contributed by atoms with E-state index >= 15 is 0 Å². The second-order valence-corrected chi connectivity index (χ2v) is 3.99. The molecule has 0 aliphatic heterocycles. The molecular weight excluding hydrogens is 219 g/mol. The fourth-order valence-corrected chi connectivity index (χ4v) is 1.97. The lowest BCUT2D eigenvalue weighted by Gasteiger charge is -2.26. The summed E-state index contributed by atoms with van der Waals surface area (Å²) < 4.78 is 13.9. The average Bonchev–Trinajstić information content (AvgIpc) is 2.30. The number of hydrogen-bond donors (Lipinski definition) is 2. The predicted molar refractivity (Wildman–Crippen MR) is 68.8 cm³/mol. The van der Waals surface area contributed by atoms with Gasteiger partial charge in [-0.2, -0.15) is 0 Å². The van der Waals surface area contributed by atoms with Crippen molar-refractivity contribution >= 4 is 5.69 Å². The number of nitrogens with one attached hydrogen (secondary N) is 1. The van der Waals surface area contributed by atoms with Crippen molar-refractivity contribution in [2.45, 2.75) is 19.9 Å². The van der Waals surface area contributed by atoms with Crippen molar-refractivity contribution in [3.63, 3.8) is 0 Å². The monoisotopic (exact) mass is 240 g/mol. The lowest BCUT2D eigenvalue weighted by atomic mass is 10.1. The van der Waals surface area contributed by atoms with Crippen LogP contribution in [-0.4, -0.2) is 31.9 Å². The summed E-state index contributed by atoms with van der Waals surface area (Å²) in [5, 5.41) is 12.1. The highest BCUT2D eigenvalue weighted by molar-refractivity contribution is 5.55. The Balaban J connectivity index is 3.05. The third-order valence-corrected chi connectivity index (χ3v) is 2.62. The number of benzene rings is 1. The van der Waals surface area contributed by atoms with E-state index in [0.29, 0.717) is 18.8 Å². The summed E-state index contributed by atoms with van der Waals surface area (Å²) in [6.45, 7) is 3.92. The van der Waals surface area contributed by atoms with E-state index in [2.05, 4.69) is 5.32 Å². The summed E-state index contributed by atoms with van der Waals surface area (Å²) in [4.78, 5) is 1.90. The number of nitrogens with zero attached hydrogens (tertiary/aromatic N) is 1. The second-order valence-electron chi connectivity index (χ2n) is 3.99. The molecule has 0 spiro atoms. The number of aliphatic hydroxyl groups is 1. The lowest BCUT2D eigenvalue weighted by Crippen LogP contribution is -2.30. The van der Waals surface area contributed by atoms with Crippen molar-refractivity contribution < 1.29 is 9.50 Å². The van der Waals surface area contributed by atoms with E-state index in [1.165, 1.54) is 6.07 Å². The molecule has 2 N–H and O–H groups in total. The molecule has 0 amide bonds. The Labute approximate surface area is 102 Å². The van der Waals surface area contributed by atoms with Crippen LogP contribution in [0.1, 0.15) is 18.9 Å². The van der Waals surface area contributed by atoms with Crippen molar-refractivity contribution in [3.8, 4) is 0 Å². The topological polar surface area (TPSA) is 35.5 Å². The molecule has 1 aromatic carbocycles. The van der Waals surface area contributed by atoms with E-state index in [1.54, 1.807) is 6.07 Å². The van der Waals surface area contributed by atoms with Gasteiger partial charge in [0.25, 0.3) is 0 Å². The highest BCUT2D eigenvalue weighted by Crippen LogP contribution is 2.24. The lowest BCUT2D eigenvalue weighted by molar-refractivity contribution is 0.301. The molecule has 17 heavy (non-hydrogen) atoms. The first kappa shape index (κ1) is 13.9. The second kappa shape index (κ2) is 7.25. The standard InChI is InChI=1S/C13H21FN2O/c1-3-7-16(8-9-17)13-11(10-15-2)5-4-6-12(13)14/h4-6,15,17H,3,7-10H2,1-2H3. The molecule has 0 fully saturated rings. The molecule has 0 saturated carbocycles. The van der Waals surface area contributed by atoms with Crippen LogP contribution < -0.4 is 10.2 Å². The third kappa shape index (κ3) is 3.68. The predicted octanol–water partition coefficient (Wildman–Crippen LogP) is 1.75. The van der Waals surface area contributed by atoms with Crippen LogP contribution in [0.25, 0.3) is 0 Å². The Hall–Kier alpha value is -1.13. The summed E-state index contributed by atoms with van der Waals surface area (Å²) in [6.07, 6.45) is 0.924. The minimum Gasteiger partial charge on any atom is -0.395 e. The van der Waals surface area contributed by atoms with Gasteiger partial charge in [0.15, 0.2) is 0 Å². The molecule has 0 aliphatic carbocycles. The van der Waals surface area contributed by atoms with Crippen molar-refractivity contribution in [1.29, 1.82) is 0 Å². The van der Waals surface area contributed by atoms with Crippen molar-refractivity contribution in [2.75, 3.05) is 31.6 Å². The van der Waals surface area contributed by atoms with Gasteiger partial charge in [0.2, 0.25) is 0 Å². The van der Waals surface area contributed by atoms with Crippen LogP contribution in [-0.2, 0) is 6.54 Å². The van der Waals surface area contributed by atoms with E-state index in [4.69, 9.17) is 5.11 Å². The Bertz CT molecular complexity index is 338. The molecule has 0 heterocycles. The van der Waals surface area contributed by atoms with Crippen molar-refractivity contribution in [1.82, 2.24) is 5.32 Å². The van der Waals surface area contributed by atoms with E-state index in [-0.39, 0.29) is 12.4 Å². The van der Waals surface area contributed by atoms with E-state index in [1.807, 2.05) is 24.9 Å². The molecule has 4 heteroatoms. The van der Waals surface area contributed by atoms with Crippen LogP contribution in [0.5, 0.6) is 0 Å². The SMILES string of the molecule is CCCN(CCO)c1c(F)cccc1CNC. The zero-order valence-electron chi connectivity index (χ0n) is 10.5. The fraction of sp³-hybridized carbons (Fsp3) is 0.538. The minimum absolute atomic E-state index is 0.0350. The molecule has 1 aromatic rings. The van der Waals surface area contributed by atoms with E-state index < -0.39 is 0 Å². The van der Waals surface area contributed by atoms with Crippen LogP contribution in [0, 0.1) is 5.82 Å². The van der Waals surface area contributed by atoms with E-state index in [0.717, 1.165) is 18.5 Å². The first-order valence-electron chi connectivity index (χ1n) is 6.02. The van der Waals surface area contributed by atoms with Gasteiger partial charge < -0.3 is 15.3 Å². The van der Waals surface area contributed by atoms with Crippen LogP contribution >= 0.6 is 0 Å². The highest BCUT2D eigenvalue weighted by atomic mass is 19.1. The number of para-hydroxylation sites is 1. The average molecular weight is 240 g/mol. The van der Waals surface area contributed by atoms with Gasteiger partial charge in [-0.3, -0.25) is 0 Å². The van der Waals surface area contributed by atoms with Crippen molar-refractivity contribution in [3.05, 3.63) is 29.6 Å². The van der Waals surface area contributed by atoms with Gasteiger partial charge in [-0.25, -0.2) is 4.39 Å². The minimum atomic E-state index is -0.223. The summed E-state index contributed by atoms with van der Waals surface area (Å²) >= 11 is 0. The van der Waals surface area contributed by atoms with Crippen LogP contribution in [0.15, 0.2) is 18.2 Å². The Morgan fingerprint density at radius 3 is 2.71 bits per heavy atom.